The van der Waals surface area contributed by atoms with Crippen LogP contribution in [0.3, 0.4) is 0 Å². The van der Waals surface area contributed by atoms with Crippen molar-refractivity contribution < 1.29 is 13.9 Å². The molecular weight excluding hydrogens is 290 g/mol. The van der Waals surface area contributed by atoms with Crippen LogP contribution in [-0.4, -0.2) is 11.9 Å². The second-order valence-corrected chi connectivity index (χ2v) is 6.21. The molecule has 4 heteroatoms. The maximum atomic E-state index is 12.3. The highest BCUT2D eigenvalue weighted by molar-refractivity contribution is 5.91. The van der Waals surface area contributed by atoms with Crippen LogP contribution in [-0.2, 0) is 6.61 Å². The van der Waals surface area contributed by atoms with Crippen molar-refractivity contribution in [3.8, 4) is 5.75 Å². The average Bonchev–Trinajstić information content (AvgIpc) is 3.05. The highest BCUT2D eigenvalue weighted by atomic mass is 16.5. The third-order valence-corrected chi connectivity index (χ3v) is 4.44. The van der Waals surface area contributed by atoms with Gasteiger partial charge in [-0.2, -0.15) is 0 Å². The van der Waals surface area contributed by atoms with E-state index in [1.807, 2.05) is 30.3 Å². The lowest BCUT2D eigenvalue weighted by Gasteiger charge is -2.29. The third kappa shape index (κ3) is 4.15. The van der Waals surface area contributed by atoms with Gasteiger partial charge in [-0.05, 0) is 43.0 Å². The largest absolute Gasteiger partial charge is 0.486 e. The first-order valence-electron chi connectivity index (χ1n) is 8.30. The van der Waals surface area contributed by atoms with E-state index < -0.39 is 0 Å². The van der Waals surface area contributed by atoms with Crippen LogP contribution in [0.25, 0.3) is 0 Å². The molecule has 1 aromatic carbocycles. The molecule has 1 aromatic heterocycles. The molecule has 4 nitrogen and oxygen atoms in total. The summed E-state index contributed by atoms with van der Waals surface area (Å²) in [4.78, 5) is 12.3. The topological polar surface area (TPSA) is 51.5 Å². The molecule has 1 aliphatic carbocycles. The fourth-order valence-corrected chi connectivity index (χ4v) is 3.02. The lowest BCUT2D eigenvalue weighted by molar-refractivity contribution is 0.0878. The van der Waals surface area contributed by atoms with Gasteiger partial charge in [0, 0.05) is 6.04 Å². The maximum Gasteiger partial charge on any atom is 0.287 e. The summed E-state index contributed by atoms with van der Waals surface area (Å²) in [5.41, 5.74) is 0. The van der Waals surface area contributed by atoms with Crippen LogP contribution in [0.5, 0.6) is 5.75 Å². The molecule has 1 fully saturated rings. The molecule has 0 radical (unpaired) electrons. The first-order chi connectivity index (χ1) is 11.2. The van der Waals surface area contributed by atoms with Crippen LogP contribution in [0.15, 0.2) is 46.9 Å². The molecule has 1 amide bonds. The maximum absolute atomic E-state index is 12.3. The zero-order valence-electron chi connectivity index (χ0n) is 13.5. The number of amides is 1. The van der Waals surface area contributed by atoms with E-state index in [1.165, 1.54) is 19.3 Å². The van der Waals surface area contributed by atoms with Crippen molar-refractivity contribution in [3.63, 3.8) is 0 Å². The number of hydrogen-bond acceptors (Lipinski definition) is 3. The third-order valence-electron chi connectivity index (χ3n) is 4.44. The molecule has 23 heavy (non-hydrogen) atoms. The summed E-state index contributed by atoms with van der Waals surface area (Å²) >= 11 is 0. The van der Waals surface area contributed by atoms with Crippen LogP contribution >= 0.6 is 0 Å². The van der Waals surface area contributed by atoms with E-state index >= 15 is 0 Å². The molecule has 0 saturated heterocycles. The number of benzene rings is 1. The molecule has 1 heterocycles. The van der Waals surface area contributed by atoms with Gasteiger partial charge in [0.25, 0.3) is 5.91 Å². The van der Waals surface area contributed by atoms with Crippen molar-refractivity contribution >= 4 is 5.91 Å². The van der Waals surface area contributed by atoms with Gasteiger partial charge in [-0.25, -0.2) is 0 Å². The Labute approximate surface area is 136 Å². The van der Waals surface area contributed by atoms with Crippen molar-refractivity contribution in [1.29, 1.82) is 0 Å². The van der Waals surface area contributed by atoms with Gasteiger partial charge < -0.3 is 14.5 Å². The summed E-state index contributed by atoms with van der Waals surface area (Å²) in [6.07, 6.45) is 4.68. The van der Waals surface area contributed by atoms with Gasteiger partial charge in [-0.15, -0.1) is 0 Å². The number of para-hydroxylation sites is 1. The molecule has 2 atom stereocenters. The van der Waals surface area contributed by atoms with Crippen molar-refractivity contribution in [3.05, 3.63) is 54.0 Å². The molecule has 0 spiro atoms. The van der Waals surface area contributed by atoms with Gasteiger partial charge >= 0.3 is 0 Å². The first kappa shape index (κ1) is 15.7. The molecule has 1 aliphatic rings. The van der Waals surface area contributed by atoms with Gasteiger partial charge in [0.1, 0.15) is 18.1 Å². The highest BCUT2D eigenvalue weighted by Gasteiger charge is 2.24. The van der Waals surface area contributed by atoms with E-state index in [4.69, 9.17) is 9.15 Å². The predicted molar refractivity (Wildman–Crippen MR) is 88.4 cm³/mol. The number of furan rings is 1. The molecule has 1 saturated carbocycles. The minimum absolute atomic E-state index is 0.130. The molecule has 0 aliphatic heterocycles. The van der Waals surface area contributed by atoms with Gasteiger partial charge in [-0.1, -0.05) is 38.0 Å². The smallest absolute Gasteiger partial charge is 0.287 e. The Morgan fingerprint density at radius 1 is 1.17 bits per heavy atom. The van der Waals surface area contributed by atoms with Crippen LogP contribution in [0.1, 0.15) is 48.9 Å². The number of carbonyl (C=O) groups excluding carboxylic acids is 1. The molecule has 1 N–H and O–H groups in total. The number of ether oxygens (including phenoxy) is 1. The van der Waals surface area contributed by atoms with Crippen molar-refractivity contribution in [2.45, 2.75) is 45.3 Å². The highest BCUT2D eigenvalue weighted by Crippen LogP contribution is 2.24. The number of hydrogen-bond donors (Lipinski definition) is 1. The van der Waals surface area contributed by atoms with Crippen molar-refractivity contribution in [1.82, 2.24) is 5.32 Å². The van der Waals surface area contributed by atoms with E-state index in [9.17, 15) is 4.79 Å². The Morgan fingerprint density at radius 3 is 2.74 bits per heavy atom. The summed E-state index contributed by atoms with van der Waals surface area (Å²) in [6, 6.07) is 13.3. The molecule has 3 rings (SSSR count). The fourth-order valence-electron chi connectivity index (χ4n) is 3.02. The fraction of sp³-hybridized carbons (Fsp3) is 0.421. The summed E-state index contributed by atoms with van der Waals surface area (Å²) in [7, 11) is 0. The van der Waals surface area contributed by atoms with Gasteiger partial charge in [0.05, 0.1) is 0 Å². The second kappa shape index (κ2) is 7.36. The minimum atomic E-state index is -0.130. The SMILES string of the molecule is C[C@H]1CCCC[C@H]1NC(=O)c1ccc(COc2ccccc2)o1. The normalized spacial score (nSPS) is 20.9. The summed E-state index contributed by atoms with van der Waals surface area (Å²) in [6.45, 7) is 2.52. The number of carbonyl (C=O) groups is 1. The van der Waals surface area contributed by atoms with Crippen molar-refractivity contribution in [2.24, 2.45) is 5.92 Å². The van der Waals surface area contributed by atoms with E-state index in [-0.39, 0.29) is 11.9 Å². The summed E-state index contributed by atoms with van der Waals surface area (Å²) < 4.78 is 11.2. The van der Waals surface area contributed by atoms with Gasteiger partial charge in [-0.3, -0.25) is 4.79 Å². The lowest BCUT2D eigenvalue weighted by atomic mass is 9.86. The first-order valence-corrected chi connectivity index (χ1v) is 8.30. The Morgan fingerprint density at radius 2 is 1.96 bits per heavy atom. The van der Waals surface area contributed by atoms with E-state index in [0.717, 1.165) is 12.2 Å². The number of nitrogens with one attached hydrogen (secondary N) is 1. The van der Waals surface area contributed by atoms with Crippen LogP contribution in [0, 0.1) is 5.92 Å². The van der Waals surface area contributed by atoms with Gasteiger partial charge in [0.2, 0.25) is 0 Å². The van der Waals surface area contributed by atoms with Gasteiger partial charge in [0.15, 0.2) is 5.76 Å². The molecule has 0 unspecified atom stereocenters. The zero-order valence-corrected chi connectivity index (χ0v) is 13.5. The van der Waals surface area contributed by atoms with E-state index in [0.29, 0.717) is 24.0 Å². The minimum Gasteiger partial charge on any atom is -0.486 e. The van der Waals surface area contributed by atoms with E-state index in [1.54, 1.807) is 12.1 Å². The zero-order chi connectivity index (χ0) is 16.1. The monoisotopic (exact) mass is 313 g/mol. The Kier molecular flexibility index (Phi) is 5.01. The predicted octanol–water partition coefficient (Wildman–Crippen LogP) is 4.17. The standard InChI is InChI=1S/C19H23NO3/c1-14-7-5-6-10-17(14)20-19(21)18-12-11-16(23-18)13-22-15-8-3-2-4-9-15/h2-4,8-9,11-12,14,17H,5-7,10,13H2,1H3,(H,20,21)/t14-,17+/m0/s1. The summed E-state index contributed by atoms with van der Waals surface area (Å²) in [5.74, 6) is 2.19. The second-order valence-electron chi connectivity index (χ2n) is 6.21. The molecule has 0 bridgehead atoms. The molecular formula is C19H23NO3. The van der Waals surface area contributed by atoms with Crippen molar-refractivity contribution in [2.75, 3.05) is 0 Å². The van der Waals surface area contributed by atoms with E-state index in [2.05, 4.69) is 12.2 Å². The van der Waals surface area contributed by atoms with Crippen LogP contribution < -0.4 is 10.1 Å². The summed E-state index contributed by atoms with van der Waals surface area (Å²) in [5, 5.41) is 3.10. The van der Waals surface area contributed by atoms with Crippen LogP contribution in [0.2, 0.25) is 0 Å². The Balaban J connectivity index is 1.54. The Bertz CT molecular complexity index is 635. The number of rotatable bonds is 5. The quantitative estimate of drug-likeness (QED) is 0.901. The van der Waals surface area contributed by atoms with Crippen LogP contribution in [0.4, 0.5) is 0 Å². The Hall–Kier alpha value is -2.23. The average molecular weight is 313 g/mol. The molecule has 2 aromatic rings. The lowest BCUT2D eigenvalue weighted by Crippen LogP contribution is -2.40. The molecule has 122 valence electrons.